The van der Waals surface area contributed by atoms with Gasteiger partial charge in [0, 0.05) is 18.2 Å². The molecule has 1 aliphatic heterocycles. The first kappa shape index (κ1) is 33.3. The van der Waals surface area contributed by atoms with Crippen LogP contribution in [0.25, 0.3) is 0 Å². The number of nitrogens with zero attached hydrogens (tertiary/aromatic N) is 2. The van der Waals surface area contributed by atoms with Gasteiger partial charge in [-0.05, 0) is 92.8 Å². The van der Waals surface area contributed by atoms with Crippen LogP contribution in [0.1, 0.15) is 98.6 Å². The normalized spacial score (nSPS) is 24.6. The predicted molar refractivity (Wildman–Crippen MR) is 174 cm³/mol. The molecule has 1 aromatic carbocycles. The highest BCUT2D eigenvalue weighted by Crippen LogP contribution is 2.52. The highest BCUT2D eigenvalue weighted by atomic mass is 28.4. The second-order valence-electron chi connectivity index (χ2n) is 15.4. The van der Waals surface area contributed by atoms with Crippen LogP contribution in [-0.4, -0.2) is 46.3 Å². The minimum atomic E-state index is -1.97. The monoisotopic (exact) mass is 582 g/mol. The number of rotatable bonds is 10. The molecule has 0 aromatic heterocycles. The Hall–Kier alpha value is -1.24. The first-order valence-electron chi connectivity index (χ1n) is 15.7. The van der Waals surface area contributed by atoms with Gasteiger partial charge in [-0.3, -0.25) is 4.90 Å². The fourth-order valence-corrected chi connectivity index (χ4v) is 8.33. The van der Waals surface area contributed by atoms with Gasteiger partial charge in [-0.15, -0.1) is 0 Å². The zero-order valence-corrected chi connectivity index (χ0v) is 29.6. The van der Waals surface area contributed by atoms with E-state index in [9.17, 15) is 5.26 Å². The van der Waals surface area contributed by atoms with Crippen molar-refractivity contribution in [2.24, 2.45) is 5.92 Å². The quantitative estimate of drug-likeness (QED) is 0.203. The third-order valence-corrected chi connectivity index (χ3v) is 19.8. The summed E-state index contributed by atoms with van der Waals surface area (Å²) in [7, 11) is -3.80. The summed E-state index contributed by atoms with van der Waals surface area (Å²) in [6.07, 6.45) is 9.04. The molecule has 0 saturated carbocycles. The van der Waals surface area contributed by atoms with Crippen LogP contribution >= 0.6 is 0 Å². The molecule has 2 aliphatic rings. The third kappa shape index (κ3) is 7.03. The summed E-state index contributed by atoms with van der Waals surface area (Å²) >= 11 is 0. The first-order valence-corrected chi connectivity index (χ1v) is 21.5. The molecule has 1 spiro atoms. The van der Waals surface area contributed by atoms with Crippen molar-refractivity contribution < 1.29 is 8.85 Å². The summed E-state index contributed by atoms with van der Waals surface area (Å²) in [5.41, 5.74) is 2.58. The van der Waals surface area contributed by atoms with E-state index < -0.39 is 16.6 Å². The summed E-state index contributed by atoms with van der Waals surface area (Å²) in [5.74, 6) is -0.0787. The molecule has 1 heterocycles. The van der Waals surface area contributed by atoms with Gasteiger partial charge in [0.15, 0.2) is 16.6 Å². The fourth-order valence-electron chi connectivity index (χ4n) is 6.26. The van der Waals surface area contributed by atoms with Crippen molar-refractivity contribution in [1.29, 1.82) is 5.26 Å². The minimum Gasteiger partial charge on any atom is -0.417 e. The molecule has 1 saturated heterocycles. The van der Waals surface area contributed by atoms with Crippen molar-refractivity contribution in [3.8, 4) is 6.07 Å². The van der Waals surface area contributed by atoms with Crippen molar-refractivity contribution >= 4 is 16.6 Å². The number of hydrogen-bond acceptors (Lipinski definition) is 4. The van der Waals surface area contributed by atoms with E-state index in [4.69, 9.17) is 8.85 Å². The van der Waals surface area contributed by atoms with Crippen molar-refractivity contribution in [3.05, 3.63) is 47.5 Å². The van der Waals surface area contributed by atoms with Gasteiger partial charge in [-0.1, -0.05) is 78.0 Å². The summed E-state index contributed by atoms with van der Waals surface area (Å²) in [4.78, 5) is 2.85. The van der Waals surface area contributed by atoms with Gasteiger partial charge in [0.1, 0.15) is 0 Å². The zero-order valence-electron chi connectivity index (χ0n) is 27.6. The van der Waals surface area contributed by atoms with E-state index in [-0.39, 0.29) is 27.6 Å². The van der Waals surface area contributed by atoms with Gasteiger partial charge in [0.05, 0.1) is 24.6 Å². The molecule has 3 rings (SSSR count). The van der Waals surface area contributed by atoms with Gasteiger partial charge >= 0.3 is 0 Å². The van der Waals surface area contributed by atoms with Crippen molar-refractivity contribution in [3.63, 3.8) is 0 Å². The number of allylic oxidation sites excluding steroid dienone is 1. The summed E-state index contributed by atoms with van der Waals surface area (Å²) in [5, 5.41) is 10.4. The van der Waals surface area contributed by atoms with E-state index in [1.165, 1.54) is 24.0 Å². The lowest BCUT2D eigenvalue weighted by Crippen LogP contribution is -2.60. The standard InChI is InChI=1S/C34H58N2O2Si2/c1-27(25-35)30-20-16-23-34(30)22-15-19-29(21-24-37-39(8,9)32(2,3)4)36(34)31(28-17-13-12-14-18-28)26-38-40(10,11)33(5,6)7/h12-14,17-18,20,27,29,31H,15-16,19,21-24,26H2,1-11H3/t27-,29+,31+,34-/m1/s1. The third-order valence-electron chi connectivity index (χ3n) is 10.8. The fraction of sp³-hybridized carbons (Fsp3) is 0.735. The highest BCUT2D eigenvalue weighted by molar-refractivity contribution is 6.74. The van der Waals surface area contributed by atoms with Crippen LogP contribution in [0.3, 0.4) is 0 Å². The number of benzene rings is 1. The summed E-state index contributed by atoms with van der Waals surface area (Å²) < 4.78 is 13.8. The molecule has 1 fully saturated rings. The lowest BCUT2D eigenvalue weighted by molar-refractivity contribution is -0.0420. The molecular formula is C34H58N2O2Si2. The molecule has 0 unspecified atom stereocenters. The summed E-state index contributed by atoms with van der Waals surface area (Å²) in [6, 6.07) is 14.2. The van der Waals surface area contributed by atoms with Gasteiger partial charge in [-0.25, -0.2) is 0 Å². The maximum atomic E-state index is 10.1. The molecule has 4 nitrogen and oxygen atoms in total. The molecule has 1 aromatic rings. The smallest absolute Gasteiger partial charge is 0.192 e. The Kier molecular flexibility index (Phi) is 10.4. The Morgan fingerprint density at radius 3 is 2.15 bits per heavy atom. The molecule has 224 valence electrons. The molecule has 1 aliphatic carbocycles. The minimum absolute atomic E-state index is 0.0787. The first-order chi connectivity index (χ1) is 18.5. The molecule has 0 bridgehead atoms. The Morgan fingerprint density at radius 2 is 1.57 bits per heavy atom. The average molecular weight is 583 g/mol. The number of hydrogen-bond donors (Lipinski definition) is 0. The molecule has 0 radical (unpaired) electrons. The van der Waals surface area contributed by atoms with Crippen LogP contribution in [0.4, 0.5) is 0 Å². The molecule has 40 heavy (non-hydrogen) atoms. The van der Waals surface area contributed by atoms with Crippen LogP contribution < -0.4 is 0 Å². The van der Waals surface area contributed by atoms with Gasteiger partial charge in [0.25, 0.3) is 0 Å². The van der Waals surface area contributed by atoms with E-state index >= 15 is 0 Å². The van der Waals surface area contributed by atoms with E-state index in [2.05, 4.69) is 122 Å². The maximum Gasteiger partial charge on any atom is 0.192 e. The van der Waals surface area contributed by atoms with E-state index in [1.807, 2.05) is 0 Å². The van der Waals surface area contributed by atoms with Gasteiger partial charge < -0.3 is 8.85 Å². The van der Waals surface area contributed by atoms with E-state index in [0.29, 0.717) is 12.6 Å². The second kappa shape index (κ2) is 12.6. The molecule has 6 heteroatoms. The van der Waals surface area contributed by atoms with Gasteiger partial charge in [-0.2, -0.15) is 5.26 Å². The van der Waals surface area contributed by atoms with Crippen molar-refractivity contribution in [2.45, 2.75) is 141 Å². The van der Waals surface area contributed by atoms with Crippen LogP contribution in [0.15, 0.2) is 42.0 Å². The Labute approximate surface area is 248 Å². The average Bonchev–Trinajstić information content (AvgIpc) is 3.27. The Bertz CT molecular complexity index is 1050. The lowest BCUT2D eigenvalue weighted by Gasteiger charge is -2.56. The largest absolute Gasteiger partial charge is 0.417 e. The molecule has 0 amide bonds. The van der Waals surface area contributed by atoms with E-state index in [0.717, 1.165) is 32.3 Å². The zero-order chi connectivity index (χ0) is 30.0. The highest BCUT2D eigenvalue weighted by Gasteiger charge is 2.52. The van der Waals surface area contributed by atoms with Crippen LogP contribution in [0.2, 0.25) is 36.3 Å². The second-order valence-corrected chi connectivity index (χ2v) is 25.0. The summed E-state index contributed by atoms with van der Waals surface area (Å²) in [6.45, 7) is 27.0. The molecular weight excluding hydrogens is 525 g/mol. The molecule has 4 atom stereocenters. The lowest BCUT2D eigenvalue weighted by atomic mass is 9.73. The van der Waals surface area contributed by atoms with Crippen LogP contribution in [0.5, 0.6) is 0 Å². The number of nitriles is 1. The Morgan fingerprint density at radius 1 is 0.975 bits per heavy atom. The SMILES string of the molecule is C[C@H](C#N)C1=CCC[C@]12CCC[C@@H](CCO[Si](C)(C)C(C)(C)C)N2[C@@H](CO[Si](C)(C)C(C)(C)C)c1ccccc1. The van der Waals surface area contributed by atoms with Gasteiger partial charge in [0.2, 0.25) is 0 Å². The topological polar surface area (TPSA) is 45.5 Å². The van der Waals surface area contributed by atoms with Crippen LogP contribution in [-0.2, 0) is 8.85 Å². The number of likely N-dealkylation sites (tertiary alicyclic amines) is 1. The number of piperidine rings is 1. The predicted octanol–water partition coefficient (Wildman–Crippen LogP) is 9.63. The van der Waals surface area contributed by atoms with Crippen molar-refractivity contribution in [2.75, 3.05) is 13.2 Å². The molecule has 0 N–H and O–H groups in total. The Balaban J connectivity index is 2.06. The maximum absolute atomic E-state index is 10.1. The van der Waals surface area contributed by atoms with E-state index in [1.54, 1.807) is 0 Å². The van der Waals surface area contributed by atoms with Crippen LogP contribution in [0, 0.1) is 17.2 Å². The van der Waals surface area contributed by atoms with Crippen molar-refractivity contribution in [1.82, 2.24) is 4.90 Å².